The number of halogens is 3. The fourth-order valence-electron chi connectivity index (χ4n) is 3.43. The summed E-state index contributed by atoms with van der Waals surface area (Å²) in [6, 6.07) is 12.3. The molecule has 1 heterocycles. The van der Waals surface area contributed by atoms with E-state index in [0.29, 0.717) is 12.1 Å². The van der Waals surface area contributed by atoms with E-state index in [2.05, 4.69) is 0 Å². The van der Waals surface area contributed by atoms with E-state index in [9.17, 15) is 26.4 Å². The molecule has 1 amide bonds. The molecule has 2 aromatic rings. The molecule has 1 fully saturated rings. The van der Waals surface area contributed by atoms with E-state index in [1.54, 1.807) is 12.1 Å². The largest absolute Gasteiger partial charge is 0.393 e. The number of likely N-dealkylation sites (tertiary alicyclic amines) is 1. The predicted octanol–water partition coefficient (Wildman–Crippen LogP) is 4.23. The number of aryl methyl sites for hydroxylation is 1. The van der Waals surface area contributed by atoms with Gasteiger partial charge in [0.25, 0.3) is 15.9 Å². The lowest BCUT2D eigenvalue weighted by Crippen LogP contribution is -2.44. The molecule has 3 rings (SSSR count). The first kappa shape index (κ1) is 22.1. The number of nitrogens with zero attached hydrogens (tertiary/aromatic N) is 2. The monoisotopic (exact) mass is 440 g/mol. The van der Waals surface area contributed by atoms with Crippen molar-refractivity contribution < 1.29 is 26.4 Å². The van der Waals surface area contributed by atoms with Crippen LogP contribution in [0.4, 0.5) is 18.9 Å². The normalized spacial score (nSPS) is 17.6. The second kappa shape index (κ2) is 8.29. The molecule has 0 bridgehead atoms. The van der Waals surface area contributed by atoms with Gasteiger partial charge in [0.1, 0.15) is 0 Å². The summed E-state index contributed by atoms with van der Waals surface area (Å²) in [6.45, 7) is 1.77. The maximum atomic E-state index is 13.0. The Kier molecular flexibility index (Phi) is 6.12. The van der Waals surface area contributed by atoms with E-state index in [-0.39, 0.29) is 30.0 Å². The summed E-state index contributed by atoms with van der Waals surface area (Å²) in [5.41, 5.74) is 1.51. The second-order valence-corrected chi connectivity index (χ2v) is 9.43. The molecule has 1 aliphatic heterocycles. The van der Waals surface area contributed by atoms with Crippen molar-refractivity contribution >= 4 is 21.6 Å². The maximum absolute atomic E-state index is 13.0. The van der Waals surface area contributed by atoms with Crippen molar-refractivity contribution in [3.05, 3.63) is 59.7 Å². The van der Waals surface area contributed by atoms with Crippen LogP contribution in [0.25, 0.3) is 0 Å². The van der Waals surface area contributed by atoms with E-state index in [0.717, 1.165) is 9.87 Å². The van der Waals surface area contributed by atoms with Crippen molar-refractivity contribution in [2.75, 3.05) is 24.4 Å². The molecule has 0 spiro atoms. The molecule has 0 N–H and O–H groups in total. The molecule has 162 valence electrons. The van der Waals surface area contributed by atoms with Gasteiger partial charge < -0.3 is 4.90 Å². The van der Waals surface area contributed by atoms with Crippen molar-refractivity contribution in [1.29, 1.82) is 0 Å². The number of piperidine rings is 1. The van der Waals surface area contributed by atoms with Gasteiger partial charge in [-0.2, -0.15) is 13.2 Å². The van der Waals surface area contributed by atoms with Crippen molar-refractivity contribution in [3.63, 3.8) is 0 Å². The molecule has 0 saturated carbocycles. The molecule has 1 aliphatic rings. The molecule has 9 heteroatoms. The number of carbonyl (C=O) groups excluding carboxylic acids is 1. The average Bonchev–Trinajstić information content (AvgIpc) is 2.72. The minimum Gasteiger partial charge on any atom is -0.338 e. The van der Waals surface area contributed by atoms with Crippen LogP contribution in [0.2, 0.25) is 0 Å². The number of rotatable bonds is 4. The van der Waals surface area contributed by atoms with Gasteiger partial charge in [-0.25, -0.2) is 8.42 Å². The molecular weight excluding hydrogens is 417 g/mol. The zero-order chi connectivity index (χ0) is 22.1. The number of alkyl halides is 3. The molecule has 5 nitrogen and oxygen atoms in total. The van der Waals surface area contributed by atoms with Crippen molar-refractivity contribution in [3.8, 4) is 0 Å². The Morgan fingerprint density at radius 3 is 2.23 bits per heavy atom. The standard InChI is InChI=1S/C21H23F3N2O3S/c1-15-5-11-19(12-6-15)30(28,29)25(2)18-9-7-16(8-10-18)20(27)26-13-3-4-17(14-26)21(22,23)24/h5-12,17H,3-4,13-14H2,1-2H3. The van der Waals surface area contributed by atoms with Gasteiger partial charge >= 0.3 is 6.18 Å². The van der Waals surface area contributed by atoms with Gasteiger partial charge in [0.15, 0.2) is 0 Å². The zero-order valence-corrected chi connectivity index (χ0v) is 17.5. The Morgan fingerprint density at radius 1 is 1.07 bits per heavy atom. The van der Waals surface area contributed by atoms with Crippen molar-refractivity contribution in [2.45, 2.75) is 30.8 Å². The van der Waals surface area contributed by atoms with Crippen LogP contribution in [-0.2, 0) is 10.0 Å². The quantitative estimate of drug-likeness (QED) is 0.715. The van der Waals surface area contributed by atoms with E-state index < -0.39 is 28.0 Å². The van der Waals surface area contributed by atoms with Crippen molar-refractivity contribution in [1.82, 2.24) is 4.90 Å². The van der Waals surface area contributed by atoms with E-state index in [4.69, 9.17) is 0 Å². The van der Waals surface area contributed by atoms with Gasteiger partial charge in [-0.3, -0.25) is 9.10 Å². The van der Waals surface area contributed by atoms with Crippen LogP contribution in [0.1, 0.15) is 28.8 Å². The second-order valence-electron chi connectivity index (χ2n) is 7.46. The van der Waals surface area contributed by atoms with Crippen LogP contribution in [0.3, 0.4) is 0 Å². The highest BCUT2D eigenvalue weighted by atomic mass is 32.2. The summed E-state index contributed by atoms with van der Waals surface area (Å²) in [5, 5.41) is 0. The SMILES string of the molecule is Cc1ccc(S(=O)(=O)N(C)c2ccc(C(=O)N3CCCC(C(F)(F)F)C3)cc2)cc1. The van der Waals surface area contributed by atoms with E-state index in [1.165, 1.54) is 48.3 Å². The summed E-state index contributed by atoms with van der Waals surface area (Å²) < 4.78 is 65.7. The summed E-state index contributed by atoms with van der Waals surface area (Å²) in [7, 11) is -2.37. The number of hydrogen-bond donors (Lipinski definition) is 0. The van der Waals surface area contributed by atoms with Crippen LogP contribution in [0.5, 0.6) is 0 Å². The summed E-state index contributed by atoms with van der Waals surface area (Å²) in [4.78, 5) is 14.0. The van der Waals surface area contributed by atoms with E-state index in [1.807, 2.05) is 6.92 Å². The van der Waals surface area contributed by atoms with Gasteiger partial charge in [0.2, 0.25) is 0 Å². The fourth-order valence-corrected chi connectivity index (χ4v) is 4.63. The fraction of sp³-hybridized carbons (Fsp3) is 0.381. The molecule has 2 aromatic carbocycles. The molecule has 1 unspecified atom stereocenters. The van der Waals surface area contributed by atoms with Gasteiger partial charge in [-0.15, -0.1) is 0 Å². The van der Waals surface area contributed by atoms with Gasteiger partial charge in [0.05, 0.1) is 16.5 Å². The summed E-state index contributed by atoms with van der Waals surface area (Å²) in [6.07, 6.45) is -4.00. The molecule has 1 saturated heterocycles. The average molecular weight is 440 g/mol. The molecule has 0 aromatic heterocycles. The molecular formula is C21H23F3N2O3S. The maximum Gasteiger partial charge on any atom is 0.393 e. The smallest absolute Gasteiger partial charge is 0.338 e. The summed E-state index contributed by atoms with van der Waals surface area (Å²) >= 11 is 0. The Balaban J connectivity index is 1.75. The highest BCUT2D eigenvalue weighted by Gasteiger charge is 2.42. The lowest BCUT2D eigenvalue weighted by molar-refractivity contribution is -0.184. The highest BCUT2D eigenvalue weighted by molar-refractivity contribution is 7.92. The number of sulfonamides is 1. The number of anilines is 1. The topological polar surface area (TPSA) is 57.7 Å². The minimum atomic E-state index is -4.32. The lowest BCUT2D eigenvalue weighted by atomic mass is 9.97. The number of carbonyl (C=O) groups is 1. The first-order valence-corrected chi connectivity index (χ1v) is 11.0. The van der Waals surface area contributed by atoms with E-state index >= 15 is 0 Å². The predicted molar refractivity (Wildman–Crippen MR) is 108 cm³/mol. The Hall–Kier alpha value is -2.55. The molecule has 1 atom stereocenters. The van der Waals surface area contributed by atoms with Crippen LogP contribution >= 0.6 is 0 Å². The number of amides is 1. The molecule has 0 aliphatic carbocycles. The van der Waals surface area contributed by atoms with Crippen LogP contribution in [-0.4, -0.2) is 45.5 Å². The first-order chi connectivity index (χ1) is 14.0. The summed E-state index contributed by atoms with van der Waals surface area (Å²) in [5.74, 6) is -2.00. The third-order valence-corrected chi connectivity index (χ3v) is 7.13. The first-order valence-electron chi connectivity index (χ1n) is 9.52. The third-order valence-electron chi connectivity index (χ3n) is 5.33. The van der Waals surface area contributed by atoms with Crippen LogP contribution in [0, 0.1) is 12.8 Å². The number of benzene rings is 2. The Labute approximate surface area is 174 Å². The van der Waals surface area contributed by atoms with Crippen LogP contribution < -0.4 is 4.31 Å². The van der Waals surface area contributed by atoms with Gasteiger partial charge in [0, 0.05) is 25.7 Å². The molecule has 0 radical (unpaired) electrons. The third kappa shape index (κ3) is 4.61. The van der Waals surface area contributed by atoms with Crippen LogP contribution in [0.15, 0.2) is 53.4 Å². The zero-order valence-electron chi connectivity index (χ0n) is 16.7. The lowest BCUT2D eigenvalue weighted by Gasteiger charge is -2.33. The molecule has 30 heavy (non-hydrogen) atoms. The highest BCUT2D eigenvalue weighted by Crippen LogP contribution is 2.33. The van der Waals surface area contributed by atoms with Gasteiger partial charge in [-0.05, 0) is 56.2 Å². The number of hydrogen-bond acceptors (Lipinski definition) is 3. The Bertz CT molecular complexity index is 1000. The Morgan fingerprint density at radius 2 is 1.67 bits per heavy atom. The van der Waals surface area contributed by atoms with Gasteiger partial charge in [-0.1, -0.05) is 17.7 Å². The van der Waals surface area contributed by atoms with Crippen molar-refractivity contribution in [2.24, 2.45) is 5.92 Å². The minimum absolute atomic E-state index is 0.0217.